The molecule has 0 aliphatic heterocycles. The van der Waals surface area contributed by atoms with Crippen molar-refractivity contribution in [2.75, 3.05) is 10.6 Å². The molecule has 0 fully saturated rings. The first-order valence-corrected chi connectivity index (χ1v) is 7.26. The Morgan fingerprint density at radius 3 is 2.27 bits per heavy atom. The minimum absolute atomic E-state index is 0.493. The lowest BCUT2D eigenvalue weighted by molar-refractivity contribution is -0.133. The molecule has 0 aromatic heterocycles. The van der Waals surface area contributed by atoms with Crippen LogP contribution in [0.4, 0.5) is 11.4 Å². The third-order valence-corrected chi connectivity index (χ3v) is 3.47. The van der Waals surface area contributed by atoms with Gasteiger partial charge in [-0.3, -0.25) is 9.59 Å². The first kappa shape index (κ1) is 15.6. The molecule has 2 amide bonds. The number of benzene rings is 2. The van der Waals surface area contributed by atoms with Crippen LogP contribution >= 0.6 is 11.8 Å². The van der Waals surface area contributed by atoms with Crippen LogP contribution < -0.4 is 10.6 Å². The molecule has 5 nitrogen and oxygen atoms in total. The van der Waals surface area contributed by atoms with Gasteiger partial charge in [-0.05, 0) is 54.6 Å². The molecule has 0 saturated carbocycles. The Labute approximate surface area is 132 Å². The first-order valence-electron chi connectivity index (χ1n) is 6.44. The predicted octanol–water partition coefficient (Wildman–Crippen LogP) is 3.15. The summed E-state index contributed by atoms with van der Waals surface area (Å²) in [4.78, 5) is 24.5. The minimum atomic E-state index is -0.746. The van der Waals surface area contributed by atoms with Crippen LogP contribution in [0.25, 0.3) is 0 Å². The van der Waals surface area contributed by atoms with E-state index in [0.717, 1.165) is 22.2 Å². The topological polar surface area (TPSA) is 82.0 Å². The smallest absolute Gasteiger partial charge is 0.314 e. The lowest BCUT2D eigenvalue weighted by Gasteiger charge is -2.08. The number of anilines is 2. The molecule has 2 rings (SSSR count). The number of carbonyl (C=O) groups excluding carboxylic acids is 2. The largest absolute Gasteiger partial charge is 0.318 e. The highest BCUT2D eigenvalue weighted by atomic mass is 32.2. The van der Waals surface area contributed by atoms with E-state index in [2.05, 4.69) is 10.6 Å². The minimum Gasteiger partial charge on any atom is -0.318 e. The Morgan fingerprint density at radius 1 is 1.00 bits per heavy atom. The van der Waals surface area contributed by atoms with E-state index in [1.807, 2.05) is 24.5 Å². The molecule has 6 heteroatoms. The molecule has 0 bridgehead atoms. The molecule has 2 aromatic carbocycles. The zero-order valence-corrected chi connectivity index (χ0v) is 12.6. The van der Waals surface area contributed by atoms with Gasteiger partial charge in [-0.2, -0.15) is 5.26 Å². The molecule has 0 atom stereocenters. The summed E-state index contributed by atoms with van der Waals surface area (Å²) in [7, 11) is 0. The Balaban J connectivity index is 1.98. The number of nitrogens with zero attached hydrogens (tertiary/aromatic N) is 1. The Bertz CT molecular complexity index is 736. The van der Waals surface area contributed by atoms with Crippen molar-refractivity contribution in [3.8, 4) is 5.40 Å². The summed E-state index contributed by atoms with van der Waals surface area (Å²) in [6.07, 6.45) is 0. The summed E-state index contributed by atoms with van der Waals surface area (Å²) in [5.41, 5.74) is 1.97. The molecular weight excluding hydrogens is 298 g/mol. The van der Waals surface area contributed by atoms with Crippen molar-refractivity contribution in [2.45, 2.75) is 11.8 Å². The number of rotatable bonds is 3. The average Bonchev–Trinajstić information content (AvgIpc) is 2.51. The van der Waals surface area contributed by atoms with E-state index in [1.165, 1.54) is 0 Å². The fourth-order valence-electron chi connectivity index (χ4n) is 1.74. The highest BCUT2D eigenvalue weighted by molar-refractivity contribution is 8.03. The van der Waals surface area contributed by atoms with Gasteiger partial charge < -0.3 is 10.6 Å². The van der Waals surface area contributed by atoms with E-state index in [-0.39, 0.29) is 0 Å². The monoisotopic (exact) mass is 311 g/mol. The summed E-state index contributed by atoms with van der Waals surface area (Å²) in [5.74, 6) is -1.48. The number of carbonyl (C=O) groups is 2. The number of para-hydroxylation sites is 1. The first-order chi connectivity index (χ1) is 10.6. The molecule has 0 saturated heterocycles. The Morgan fingerprint density at radius 2 is 1.64 bits per heavy atom. The van der Waals surface area contributed by atoms with Crippen molar-refractivity contribution in [2.24, 2.45) is 0 Å². The van der Waals surface area contributed by atoms with E-state index in [9.17, 15) is 9.59 Å². The fourth-order valence-corrected chi connectivity index (χ4v) is 2.12. The van der Waals surface area contributed by atoms with Gasteiger partial charge in [0.25, 0.3) is 0 Å². The second kappa shape index (κ2) is 7.29. The molecule has 0 heterocycles. The number of nitrogens with one attached hydrogen (secondary N) is 2. The van der Waals surface area contributed by atoms with Gasteiger partial charge in [-0.15, -0.1) is 0 Å². The number of hydrogen-bond acceptors (Lipinski definition) is 4. The van der Waals surface area contributed by atoms with Crippen molar-refractivity contribution < 1.29 is 9.59 Å². The van der Waals surface area contributed by atoms with E-state index in [0.29, 0.717) is 11.4 Å². The van der Waals surface area contributed by atoms with Gasteiger partial charge in [0.15, 0.2) is 0 Å². The number of hydrogen-bond donors (Lipinski definition) is 2. The molecule has 0 unspecified atom stereocenters. The van der Waals surface area contributed by atoms with E-state index >= 15 is 0 Å². The van der Waals surface area contributed by atoms with E-state index < -0.39 is 11.8 Å². The summed E-state index contributed by atoms with van der Waals surface area (Å²) in [5, 5.41) is 15.6. The predicted molar refractivity (Wildman–Crippen MR) is 86.4 cm³/mol. The molecule has 2 aromatic rings. The summed E-state index contributed by atoms with van der Waals surface area (Å²) < 4.78 is 0. The lowest BCUT2D eigenvalue weighted by atomic mass is 10.2. The number of aryl methyl sites for hydroxylation is 1. The number of thiocyanates is 1. The van der Waals surface area contributed by atoms with Crippen LogP contribution in [-0.4, -0.2) is 11.8 Å². The van der Waals surface area contributed by atoms with Crippen LogP contribution in [0.1, 0.15) is 5.56 Å². The van der Waals surface area contributed by atoms with Crippen molar-refractivity contribution in [1.82, 2.24) is 0 Å². The van der Waals surface area contributed by atoms with Crippen molar-refractivity contribution in [1.29, 1.82) is 5.26 Å². The van der Waals surface area contributed by atoms with Gasteiger partial charge in [0.05, 0.1) is 0 Å². The van der Waals surface area contributed by atoms with Crippen LogP contribution in [0, 0.1) is 17.6 Å². The normalized spacial score (nSPS) is 9.64. The van der Waals surface area contributed by atoms with Gasteiger partial charge >= 0.3 is 11.8 Å². The summed E-state index contributed by atoms with van der Waals surface area (Å²) in [6, 6.07) is 13.9. The molecule has 0 aliphatic rings. The third kappa shape index (κ3) is 4.11. The zero-order chi connectivity index (χ0) is 15.9. The standard InChI is InChI=1S/C16H13N3O2S/c1-11-4-2-3-5-14(11)19-16(21)15(20)18-12-6-8-13(9-7-12)22-10-17/h2-9H,1H3,(H,18,20)(H,19,21). The maximum Gasteiger partial charge on any atom is 0.314 e. The number of thioether (sulfide) groups is 1. The molecule has 110 valence electrons. The van der Waals surface area contributed by atoms with Crippen LogP contribution in [0.2, 0.25) is 0 Å². The maximum absolute atomic E-state index is 11.9. The van der Waals surface area contributed by atoms with Crippen LogP contribution in [0.3, 0.4) is 0 Å². The van der Waals surface area contributed by atoms with Gasteiger partial charge in [0, 0.05) is 16.3 Å². The van der Waals surface area contributed by atoms with Crippen LogP contribution in [0.15, 0.2) is 53.4 Å². The van der Waals surface area contributed by atoms with Crippen molar-refractivity contribution in [3.63, 3.8) is 0 Å². The quantitative estimate of drug-likeness (QED) is 0.518. The Hall–Kier alpha value is -2.78. The second-order valence-electron chi connectivity index (χ2n) is 4.44. The van der Waals surface area contributed by atoms with Crippen molar-refractivity contribution >= 4 is 35.0 Å². The third-order valence-electron chi connectivity index (χ3n) is 2.88. The molecule has 0 radical (unpaired) electrons. The highest BCUT2D eigenvalue weighted by Crippen LogP contribution is 2.19. The fraction of sp³-hybridized carbons (Fsp3) is 0.0625. The molecular formula is C16H13N3O2S. The van der Waals surface area contributed by atoms with Crippen molar-refractivity contribution in [3.05, 3.63) is 54.1 Å². The van der Waals surface area contributed by atoms with E-state index in [1.54, 1.807) is 36.4 Å². The SMILES string of the molecule is Cc1ccccc1NC(=O)C(=O)Nc1ccc(SC#N)cc1. The summed E-state index contributed by atoms with van der Waals surface area (Å²) in [6.45, 7) is 1.85. The maximum atomic E-state index is 11.9. The highest BCUT2D eigenvalue weighted by Gasteiger charge is 2.14. The van der Waals surface area contributed by atoms with Gasteiger partial charge in [0.1, 0.15) is 5.40 Å². The number of amides is 2. The van der Waals surface area contributed by atoms with E-state index in [4.69, 9.17) is 5.26 Å². The summed E-state index contributed by atoms with van der Waals surface area (Å²) >= 11 is 1.03. The lowest BCUT2D eigenvalue weighted by Crippen LogP contribution is -2.29. The molecule has 2 N–H and O–H groups in total. The molecule has 0 spiro atoms. The second-order valence-corrected chi connectivity index (χ2v) is 5.30. The number of nitriles is 1. The van der Waals surface area contributed by atoms with Gasteiger partial charge in [-0.25, -0.2) is 0 Å². The molecule has 22 heavy (non-hydrogen) atoms. The van der Waals surface area contributed by atoms with Gasteiger partial charge in [-0.1, -0.05) is 18.2 Å². The zero-order valence-electron chi connectivity index (χ0n) is 11.8. The Kier molecular flexibility index (Phi) is 5.17. The molecule has 0 aliphatic carbocycles. The van der Waals surface area contributed by atoms with Gasteiger partial charge in [0.2, 0.25) is 0 Å². The average molecular weight is 311 g/mol. The van der Waals surface area contributed by atoms with Crippen LogP contribution in [0.5, 0.6) is 0 Å². The van der Waals surface area contributed by atoms with Crippen LogP contribution in [-0.2, 0) is 9.59 Å².